The number of piperidine rings is 1. The molecule has 3 heterocycles. The highest BCUT2D eigenvalue weighted by Crippen LogP contribution is 2.48. The number of rotatable bonds is 0. The fourth-order valence-electron chi connectivity index (χ4n) is 3.83. The molecule has 1 aromatic carbocycles. The van der Waals surface area contributed by atoms with E-state index in [1.165, 1.54) is 24.5 Å². The number of benzene rings is 1. The summed E-state index contributed by atoms with van der Waals surface area (Å²) in [7, 11) is 0. The van der Waals surface area contributed by atoms with E-state index in [-0.39, 0.29) is 11.4 Å². The van der Waals surface area contributed by atoms with Gasteiger partial charge in [-0.05, 0) is 48.9 Å². The van der Waals surface area contributed by atoms with Crippen LogP contribution in [0.25, 0.3) is 0 Å². The fraction of sp³-hybridized carbons (Fsp3) is 0.571. The highest BCUT2D eigenvalue weighted by atomic mass is 19.1. The maximum Gasteiger partial charge on any atom is 0.123 e. The van der Waals surface area contributed by atoms with E-state index in [4.69, 9.17) is 4.74 Å². The molecule has 0 saturated carbocycles. The summed E-state index contributed by atoms with van der Waals surface area (Å²) in [6.07, 6.45) is 4.47. The molecule has 1 spiro atoms. The molecule has 0 aliphatic carbocycles. The van der Waals surface area contributed by atoms with E-state index in [9.17, 15) is 4.39 Å². The molecule has 0 radical (unpaired) electrons. The SMILES string of the molecule is Fc1ccc2c(c1)C1(C[C@H]3CC[C@@H](C1)N3)OC2. The quantitative estimate of drug-likeness (QED) is 0.743. The predicted octanol–water partition coefficient (Wildman–Crippen LogP) is 2.47. The maximum atomic E-state index is 13.4. The van der Waals surface area contributed by atoms with Crippen LogP contribution in [0.4, 0.5) is 4.39 Å². The average molecular weight is 233 g/mol. The van der Waals surface area contributed by atoms with Gasteiger partial charge in [-0.1, -0.05) is 6.07 Å². The average Bonchev–Trinajstić information content (AvgIpc) is 2.82. The zero-order chi connectivity index (χ0) is 11.5. The van der Waals surface area contributed by atoms with Gasteiger partial charge < -0.3 is 10.1 Å². The van der Waals surface area contributed by atoms with Gasteiger partial charge in [0, 0.05) is 12.1 Å². The van der Waals surface area contributed by atoms with Crippen LogP contribution in [0.3, 0.4) is 0 Å². The number of ether oxygens (including phenoxy) is 1. The molecule has 2 fully saturated rings. The smallest absolute Gasteiger partial charge is 0.123 e. The van der Waals surface area contributed by atoms with Crippen molar-refractivity contribution in [3.8, 4) is 0 Å². The van der Waals surface area contributed by atoms with Crippen molar-refractivity contribution >= 4 is 0 Å². The number of hydrogen-bond donors (Lipinski definition) is 1. The van der Waals surface area contributed by atoms with Gasteiger partial charge in [0.15, 0.2) is 0 Å². The van der Waals surface area contributed by atoms with E-state index in [1.807, 2.05) is 6.07 Å². The summed E-state index contributed by atoms with van der Waals surface area (Å²) in [5.74, 6) is -0.139. The molecule has 3 aliphatic rings. The lowest BCUT2D eigenvalue weighted by molar-refractivity contribution is -0.0709. The zero-order valence-corrected chi connectivity index (χ0v) is 9.71. The van der Waals surface area contributed by atoms with Crippen LogP contribution in [-0.2, 0) is 16.9 Å². The van der Waals surface area contributed by atoms with E-state index < -0.39 is 0 Å². The summed E-state index contributed by atoms with van der Waals surface area (Å²) in [6.45, 7) is 0.648. The molecule has 2 bridgehead atoms. The molecule has 1 aromatic rings. The summed E-state index contributed by atoms with van der Waals surface area (Å²) in [5.41, 5.74) is 2.08. The lowest BCUT2D eigenvalue weighted by atomic mass is 9.81. The van der Waals surface area contributed by atoms with Crippen LogP contribution in [0.15, 0.2) is 18.2 Å². The van der Waals surface area contributed by atoms with Crippen molar-refractivity contribution in [2.45, 2.75) is 50.0 Å². The monoisotopic (exact) mass is 233 g/mol. The van der Waals surface area contributed by atoms with Crippen molar-refractivity contribution in [3.05, 3.63) is 35.1 Å². The van der Waals surface area contributed by atoms with E-state index in [0.29, 0.717) is 18.7 Å². The normalized spacial score (nSPS) is 38.6. The molecule has 3 aliphatic heterocycles. The minimum atomic E-state index is -0.200. The van der Waals surface area contributed by atoms with E-state index >= 15 is 0 Å². The van der Waals surface area contributed by atoms with Crippen molar-refractivity contribution in [2.75, 3.05) is 0 Å². The van der Waals surface area contributed by atoms with Crippen LogP contribution in [-0.4, -0.2) is 12.1 Å². The van der Waals surface area contributed by atoms with Crippen LogP contribution in [0.2, 0.25) is 0 Å². The first-order valence-corrected chi connectivity index (χ1v) is 6.44. The third-order valence-electron chi connectivity index (χ3n) is 4.55. The molecule has 1 N–H and O–H groups in total. The summed E-state index contributed by atoms with van der Waals surface area (Å²) >= 11 is 0. The highest BCUT2D eigenvalue weighted by Gasteiger charge is 2.49. The van der Waals surface area contributed by atoms with Crippen molar-refractivity contribution < 1.29 is 9.13 Å². The van der Waals surface area contributed by atoms with Crippen LogP contribution < -0.4 is 5.32 Å². The van der Waals surface area contributed by atoms with Crippen LogP contribution in [0.5, 0.6) is 0 Å². The molecule has 90 valence electrons. The Morgan fingerprint density at radius 1 is 1.24 bits per heavy atom. The second-order valence-electron chi connectivity index (χ2n) is 5.63. The second-order valence-corrected chi connectivity index (χ2v) is 5.63. The first-order chi connectivity index (χ1) is 8.25. The summed E-state index contributed by atoms with van der Waals surface area (Å²) in [5, 5.41) is 3.61. The molecule has 2 nitrogen and oxygen atoms in total. The predicted molar refractivity (Wildman–Crippen MR) is 62.0 cm³/mol. The first-order valence-electron chi connectivity index (χ1n) is 6.44. The number of hydrogen-bond acceptors (Lipinski definition) is 2. The maximum absolute atomic E-state index is 13.4. The number of fused-ring (bicyclic) bond motifs is 4. The third kappa shape index (κ3) is 1.39. The van der Waals surface area contributed by atoms with Gasteiger partial charge in [-0.25, -0.2) is 4.39 Å². The molecule has 4 rings (SSSR count). The Kier molecular flexibility index (Phi) is 1.95. The van der Waals surface area contributed by atoms with Crippen molar-refractivity contribution in [2.24, 2.45) is 0 Å². The molecular formula is C14H16FNO. The number of halogens is 1. The first kappa shape index (κ1) is 10.0. The number of nitrogens with one attached hydrogen (secondary N) is 1. The summed E-state index contributed by atoms with van der Waals surface area (Å²) < 4.78 is 19.5. The van der Waals surface area contributed by atoms with Crippen LogP contribution in [0.1, 0.15) is 36.8 Å². The molecule has 3 atom stereocenters. The Labute approximate surface area is 100 Å². The zero-order valence-electron chi connectivity index (χ0n) is 9.71. The largest absolute Gasteiger partial charge is 0.365 e. The minimum Gasteiger partial charge on any atom is -0.365 e. The van der Waals surface area contributed by atoms with Gasteiger partial charge in [0.05, 0.1) is 12.2 Å². The molecule has 1 unspecified atom stereocenters. The van der Waals surface area contributed by atoms with Gasteiger partial charge in [-0.2, -0.15) is 0 Å². The molecule has 17 heavy (non-hydrogen) atoms. The Hall–Kier alpha value is -0.930. The lowest BCUT2D eigenvalue weighted by Crippen LogP contribution is -2.46. The van der Waals surface area contributed by atoms with Gasteiger partial charge in [0.2, 0.25) is 0 Å². The third-order valence-corrected chi connectivity index (χ3v) is 4.55. The van der Waals surface area contributed by atoms with E-state index in [1.54, 1.807) is 6.07 Å². The Morgan fingerprint density at radius 3 is 2.76 bits per heavy atom. The highest BCUT2D eigenvalue weighted by molar-refractivity contribution is 5.37. The molecule has 3 heteroatoms. The topological polar surface area (TPSA) is 21.3 Å². The van der Waals surface area contributed by atoms with Gasteiger partial charge in [-0.3, -0.25) is 0 Å². The standard InChI is InChI=1S/C14H16FNO/c15-10-2-1-9-8-17-14(13(9)5-10)6-11-3-4-12(7-14)16-11/h1-2,5,11-12,16H,3-4,6-8H2/t11-,12+,14?. The van der Waals surface area contributed by atoms with Gasteiger partial charge in [-0.15, -0.1) is 0 Å². The Morgan fingerprint density at radius 2 is 2.00 bits per heavy atom. The second kappa shape index (κ2) is 3.30. The van der Waals surface area contributed by atoms with Crippen LogP contribution >= 0.6 is 0 Å². The minimum absolute atomic E-state index is 0.139. The van der Waals surface area contributed by atoms with Gasteiger partial charge in [0.25, 0.3) is 0 Å². The summed E-state index contributed by atoms with van der Waals surface area (Å²) in [6, 6.07) is 6.22. The van der Waals surface area contributed by atoms with Crippen molar-refractivity contribution in [3.63, 3.8) is 0 Å². The van der Waals surface area contributed by atoms with Gasteiger partial charge in [0.1, 0.15) is 5.82 Å². The summed E-state index contributed by atoms with van der Waals surface area (Å²) in [4.78, 5) is 0. The Balaban J connectivity index is 1.79. The Bertz CT molecular complexity index is 461. The molecule has 2 saturated heterocycles. The van der Waals surface area contributed by atoms with Gasteiger partial charge >= 0.3 is 0 Å². The van der Waals surface area contributed by atoms with Crippen LogP contribution in [0, 0.1) is 5.82 Å². The fourth-order valence-corrected chi connectivity index (χ4v) is 3.83. The molecule has 0 amide bonds. The lowest BCUT2D eigenvalue weighted by Gasteiger charge is -2.38. The van der Waals surface area contributed by atoms with Crippen molar-refractivity contribution in [1.29, 1.82) is 0 Å². The van der Waals surface area contributed by atoms with E-state index in [2.05, 4.69) is 5.32 Å². The molecule has 0 aromatic heterocycles. The van der Waals surface area contributed by atoms with E-state index in [0.717, 1.165) is 18.4 Å². The van der Waals surface area contributed by atoms with Crippen molar-refractivity contribution in [1.82, 2.24) is 5.32 Å². The molecular weight excluding hydrogens is 217 g/mol.